The summed E-state index contributed by atoms with van der Waals surface area (Å²) in [4.78, 5) is 27.1. The summed E-state index contributed by atoms with van der Waals surface area (Å²) in [6, 6.07) is 18.2. The van der Waals surface area contributed by atoms with Crippen LogP contribution in [0.1, 0.15) is 31.1 Å². The third-order valence-corrected chi connectivity index (χ3v) is 7.45. The third kappa shape index (κ3) is 3.65. The lowest BCUT2D eigenvalue weighted by Gasteiger charge is -2.46. The monoisotopic (exact) mass is 453 g/mol. The Labute approximate surface area is 186 Å². The smallest absolute Gasteiger partial charge is 0.356 e. The summed E-state index contributed by atoms with van der Waals surface area (Å²) in [7, 11) is -3.79. The predicted octanol–water partition coefficient (Wildman–Crippen LogP) is 2.50. The average molecular weight is 454 g/mol. The predicted molar refractivity (Wildman–Crippen MR) is 118 cm³/mol. The fourth-order valence-electron chi connectivity index (χ4n) is 4.10. The van der Waals surface area contributed by atoms with Crippen molar-refractivity contribution >= 4 is 21.7 Å². The number of allylic oxidation sites excluding steroid dienone is 1. The van der Waals surface area contributed by atoms with E-state index in [1.165, 1.54) is 0 Å². The van der Waals surface area contributed by atoms with Gasteiger partial charge in [-0.2, -0.15) is 0 Å². The number of nitrogens with zero attached hydrogens (tertiary/aromatic N) is 1. The molecule has 0 bridgehead atoms. The number of amides is 1. The Morgan fingerprint density at radius 3 is 2.06 bits per heavy atom. The van der Waals surface area contributed by atoms with Crippen molar-refractivity contribution in [1.29, 1.82) is 0 Å². The van der Waals surface area contributed by atoms with Crippen LogP contribution in [-0.2, 0) is 24.2 Å². The molecule has 1 fully saturated rings. The summed E-state index contributed by atoms with van der Waals surface area (Å²) in [5.41, 5.74) is 1.93. The summed E-state index contributed by atoms with van der Waals surface area (Å²) in [5.74, 6) is -1.93. The Kier molecular flexibility index (Phi) is 5.75. The van der Waals surface area contributed by atoms with Gasteiger partial charge in [-0.1, -0.05) is 66.2 Å². The van der Waals surface area contributed by atoms with Crippen LogP contribution in [0.2, 0.25) is 0 Å². The molecule has 1 atom stereocenters. The van der Waals surface area contributed by atoms with Gasteiger partial charge in [-0.15, -0.1) is 0 Å². The quantitative estimate of drug-likeness (QED) is 0.424. The van der Waals surface area contributed by atoms with Crippen molar-refractivity contribution in [2.75, 3.05) is 12.4 Å². The summed E-state index contributed by atoms with van der Waals surface area (Å²) < 4.78 is 31.4. The Bertz CT molecular complexity index is 1190. The van der Waals surface area contributed by atoms with Crippen LogP contribution >= 0.6 is 0 Å². The molecule has 0 radical (unpaired) electrons. The first-order chi connectivity index (χ1) is 15.3. The molecular formula is C24H23NO6S. The van der Waals surface area contributed by atoms with E-state index in [1.807, 2.05) is 60.7 Å². The zero-order chi connectivity index (χ0) is 23.0. The van der Waals surface area contributed by atoms with E-state index in [-0.39, 0.29) is 16.8 Å². The number of β-lactam (4-membered cyclic amide) rings is 1. The van der Waals surface area contributed by atoms with Gasteiger partial charge in [-0.3, -0.25) is 9.69 Å². The van der Waals surface area contributed by atoms with Crippen molar-refractivity contribution in [3.05, 3.63) is 94.2 Å². The van der Waals surface area contributed by atoms with E-state index in [9.17, 15) is 23.1 Å². The van der Waals surface area contributed by atoms with Crippen LogP contribution in [0.15, 0.2) is 83.1 Å². The van der Waals surface area contributed by atoms with E-state index in [4.69, 9.17) is 4.74 Å². The molecule has 7 nitrogen and oxygen atoms in total. The molecule has 2 heterocycles. The summed E-state index contributed by atoms with van der Waals surface area (Å²) in [6.07, 6.45) is -0.770. The lowest BCUT2D eigenvalue weighted by molar-refractivity contribution is -0.149. The van der Waals surface area contributed by atoms with Gasteiger partial charge in [-0.05, 0) is 25.0 Å². The van der Waals surface area contributed by atoms with E-state index >= 15 is 0 Å². The number of aliphatic hydroxyl groups is 1. The van der Waals surface area contributed by atoms with Gasteiger partial charge < -0.3 is 9.84 Å². The molecule has 0 spiro atoms. The second kappa shape index (κ2) is 8.37. The first kappa shape index (κ1) is 22.0. The third-order valence-electron chi connectivity index (χ3n) is 5.57. The zero-order valence-corrected chi connectivity index (χ0v) is 18.5. The molecule has 1 saturated heterocycles. The maximum atomic E-state index is 13.4. The first-order valence-electron chi connectivity index (χ1n) is 10.1. The number of carbonyl (C=O) groups is 2. The highest BCUT2D eigenvalue weighted by atomic mass is 32.2. The molecule has 1 unspecified atom stereocenters. The minimum absolute atomic E-state index is 0.0488. The Morgan fingerprint density at radius 2 is 1.59 bits per heavy atom. The van der Waals surface area contributed by atoms with Crippen LogP contribution in [0.5, 0.6) is 0 Å². The van der Waals surface area contributed by atoms with Crippen LogP contribution in [0.25, 0.3) is 0 Å². The molecule has 2 aliphatic heterocycles. The largest absolute Gasteiger partial charge is 0.448 e. The molecule has 0 aromatic heterocycles. The van der Waals surface area contributed by atoms with E-state index < -0.39 is 45.6 Å². The molecule has 166 valence electrons. The number of sulfone groups is 1. The summed E-state index contributed by atoms with van der Waals surface area (Å²) >= 11 is 0. The molecule has 2 aliphatic rings. The van der Waals surface area contributed by atoms with Gasteiger partial charge in [0.25, 0.3) is 5.91 Å². The molecule has 0 saturated carbocycles. The molecule has 2 aromatic carbocycles. The molecule has 8 heteroatoms. The number of rotatable bonds is 5. The van der Waals surface area contributed by atoms with Crippen LogP contribution in [-0.4, -0.2) is 48.0 Å². The number of ether oxygens (including phenoxy) is 1. The highest BCUT2D eigenvalue weighted by Gasteiger charge is 2.57. The van der Waals surface area contributed by atoms with Crippen LogP contribution in [0, 0.1) is 0 Å². The standard InChI is InChI=1S/C24H23NO6S/c1-15(2)19-22(27)25-20(18(13-26)14-32(29,30)23(19)25)24(28)31-21(16-9-5-3-6-10-16)17-11-7-4-8-12-17/h3-12,21,23,26H,13-14H2,1-2H3. The van der Waals surface area contributed by atoms with Crippen molar-refractivity contribution in [1.82, 2.24) is 4.90 Å². The molecule has 2 aromatic rings. The molecule has 1 amide bonds. The second-order valence-electron chi connectivity index (χ2n) is 7.97. The van der Waals surface area contributed by atoms with Crippen LogP contribution < -0.4 is 0 Å². The van der Waals surface area contributed by atoms with E-state index in [2.05, 4.69) is 0 Å². The number of hydrogen-bond donors (Lipinski definition) is 1. The topological polar surface area (TPSA) is 101 Å². The van der Waals surface area contributed by atoms with Gasteiger partial charge in [0, 0.05) is 5.57 Å². The highest BCUT2D eigenvalue weighted by molar-refractivity contribution is 7.92. The average Bonchev–Trinajstić information content (AvgIpc) is 2.77. The molecule has 32 heavy (non-hydrogen) atoms. The number of esters is 1. The fraction of sp³-hybridized carbons (Fsp3) is 0.250. The highest BCUT2D eigenvalue weighted by Crippen LogP contribution is 2.42. The number of benzene rings is 2. The van der Waals surface area contributed by atoms with Gasteiger partial charge in [-0.25, -0.2) is 13.2 Å². The van der Waals surface area contributed by atoms with Gasteiger partial charge in [0.2, 0.25) is 0 Å². The van der Waals surface area contributed by atoms with Crippen molar-refractivity contribution in [2.24, 2.45) is 0 Å². The Hall–Kier alpha value is -3.23. The van der Waals surface area contributed by atoms with Crippen molar-refractivity contribution in [3.8, 4) is 0 Å². The van der Waals surface area contributed by atoms with Gasteiger partial charge in [0.05, 0.1) is 17.9 Å². The van der Waals surface area contributed by atoms with Crippen molar-refractivity contribution in [2.45, 2.75) is 25.3 Å². The number of aliphatic hydroxyl groups excluding tert-OH is 1. The van der Waals surface area contributed by atoms with E-state index in [0.29, 0.717) is 5.57 Å². The van der Waals surface area contributed by atoms with Crippen molar-refractivity contribution < 1.29 is 27.9 Å². The maximum Gasteiger partial charge on any atom is 0.356 e. The van der Waals surface area contributed by atoms with E-state index in [0.717, 1.165) is 16.0 Å². The Balaban J connectivity index is 1.76. The van der Waals surface area contributed by atoms with Gasteiger partial charge in [0.1, 0.15) is 5.70 Å². The normalized spacial score (nSPS) is 19.5. The number of carbonyl (C=O) groups excluding carboxylic acids is 2. The van der Waals surface area contributed by atoms with Gasteiger partial charge in [0.15, 0.2) is 21.3 Å². The molecule has 1 N–H and O–H groups in total. The molecular weight excluding hydrogens is 430 g/mol. The van der Waals surface area contributed by atoms with Gasteiger partial charge >= 0.3 is 5.97 Å². The summed E-state index contributed by atoms with van der Waals surface area (Å²) in [6.45, 7) is 2.64. The van der Waals surface area contributed by atoms with E-state index in [1.54, 1.807) is 13.8 Å². The molecule has 0 aliphatic carbocycles. The zero-order valence-electron chi connectivity index (χ0n) is 17.7. The summed E-state index contributed by atoms with van der Waals surface area (Å²) in [5, 5.41) is 8.59. The van der Waals surface area contributed by atoms with Crippen LogP contribution in [0.3, 0.4) is 0 Å². The van der Waals surface area contributed by atoms with Crippen molar-refractivity contribution in [3.63, 3.8) is 0 Å². The Morgan fingerprint density at radius 1 is 1.06 bits per heavy atom. The number of fused-ring (bicyclic) bond motifs is 1. The number of hydrogen-bond acceptors (Lipinski definition) is 6. The fourth-order valence-corrected chi connectivity index (χ4v) is 6.18. The first-order valence-corrected chi connectivity index (χ1v) is 11.8. The maximum absolute atomic E-state index is 13.4. The minimum Gasteiger partial charge on any atom is -0.448 e. The lowest BCUT2D eigenvalue weighted by Crippen LogP contribution is -2.63. The SMILES string of the molecule is CC(C)=C1C(=O)N2C(C(=O)OC(c3ccccc3)c3ccccc3)=C(CO)CS(=O)(=O)C12. The van der Waals surface area contributed by atoms with Crippen LogP contribution in [0.4, 0.5) is 0 Å². The second-order valence-corrected chi connectivity index (χ2v) is 10.0. The molecule has 4 rings (SSSR count). The lowest BCUT2D eigenvalue weighted by atomic mass is 9.98. The minimum atomic E-state index is -3.79.